The molecule has 0 radical (unpaired) electrons. The van der Waals surface area contributed by atoms with E-state index >= 15 is 0 Å². The summed E-state index contributed by atoms with van der Waals surface area (Å²) in [6.45, 7) is 2.22. The van der Waals surface area contributed by atoms with Crippen molar-refractivity contribution in [1.29, 1.82) is 0 Å². The maximum Gasteiger partial charge on any atom is 0.173 e. The maximum absolute atomic E-state index is 11.4. The molecule has 0 N–H and O–H groups in total. The molecule has 3 heteroatoms. The molecule has 1 aliphatic carbocycles. The Morgan fingerprint density at radius 3 is 2.87 bits per heavy atom. The Hall–Kier alpha value is -0.830. The summed E-state index contributed by atoms with van der Waals surface area (Å²) in [6, 6.07) is 5.85. The van der Waals surface area contributed by atoms with Gasteiger partial charge >= 0.3 is 0 Å². The number of Topliss-reactive ketones (excluding diaryl/α,β-unsaturated/α-hetero) is 1. The van der Waals surface area contributed by atoms with Crippen LogP contribution in [0.2, 0.25) is 0 Å². The maximum atomic E-state index is 11.4. The van der Waals surface area contributed by atoms with Crippen LogP contribution in [0, 0.1) is 12.8 Å². The number of hydrogen-bond acceptors (Lipinski definition) is 2. The Balaban J connectivity index is 1.95. The summed E-state index contributed by atoms with van der Waals surface area (Å²) in [4.78, 5) is 11.4. The second kappa shape index (κ2) is 4.35. The molecule has 1 aromatic carbocycles. The van der Waals surface area contributed by atoms with Crippen LogP contribution in [0.3, 0.4) is 0 Å². The van der Waals surface area contributed by atoms with Gasteiger partial charge in [-0.3, -0.25) is 4.79 Å². The lowest BCUT2D eigenvalue weighted by atomic mass is 10.2. The van der Waals surface area contributed by atoms with Gasteiger partial charge in [0.15, 0.2) is 5.78 Å². The molecule has 1 aromatic rings. The smallest absolute Gasteiger partial charge is 0.173 e. The number of rotatable bonds is 4. The molecule has 0 aliphatic heterocycles. The molecule has 0 aromatic heterocycles. The van der Waals surface area contributed by atoms with Crippen LogP contribution in [-0.2, 0) is 4.79 Å². The lowest BCUT2D eigenvalue weighted by Crippen LogP contribution is -2.12. The fourth-order valence-corrected chi connectivity index (χ4v) is 2.00. The van der Waals surface area contributed by atoms with E-state index in [0.29, 0.717) is 0 Å². The van der Waals surface area contributed by atoms with Gasteiger partial charge in [0.25, 0.3) is 0 Å². The van der Waals surface area contributed by atoms with E-state index < -0.39 is 0 Å². The fraction of sp³-hybridized carbons (Fsp3) is 0.417. The van der Waals surface area contributed by atoms with Crippen LogP contribution in [0.5, 0.6) is 5.75 Å². The number of carbonyl (C=O) groups excluding carboxylic acids is 1. The number of ketones is 1. The minimum atomic E-state index is 0.201. The van der Waals surface area contributed by atoms with Crippen molar-refractivity contribution in [2.24, 2.45) is 5.92 Å². The average Bonchev–Trinajstić information content (AvgIpc) is 2.99. The Labute approximate surface area is 97.8 Å². The topological polar surface area (TPSA) is 26.3 Å². The molecule has 0 bridgehead atoms. The van der Waals surface area contributed by atoms with E-state index in [2.05, 4.69) is 15.9 Å². The van der Waals surface area contributed by atoms with Gasteiger partial charge in [0.2, 0.25) is 0 Å². The summed E-state index contributed by atoms with van der Waals surface area (Å²) in [5.41, 5.74) is 1.17. The molecule has 80 valence electrons. The second-order valence-electron chi connectivity index (χ2n) is 3.96. The molecule has 2 nitrogen and oxygen atoms in total. The number of benzene rings is 1. The van der Waals surface area contributed by atoms with Crippen molar-refractivity contribution >= 4 is 21.7 Å². The molecule has 0 unspecified atom stereocenters. The SMILES string of the molecule is Cc1ccc(OCC(=O)C2CC2)c(Br)c1. The third-order valence-electron chi connectivity index (χ3n) is 2.49. The molecule has 1 aliphatic rings. The third-order valence-corrected chi connectivity index (χ3v) is 3.11. The quantitative estimate of drug-likeness (QED) is 0.839. The van der Waals surface area contributed by atoms with Crippen LogP contribution >= 0.6 is 15.9 Å². The van der Waals surface area contributed by atoms with Crippen LogP contribution < -0.4 is 4.74 Å². The highest BCUT2D eigenvalue weighted by atomic mass is 79.9. The molecule has 0 spiro atoms. The monoisotopic (exact) mass is 268 g/mol. The van der Waals surface area contributed by atoms with Crippen LogP contribution in [0.25, 0.3) is 0 Å². The second-order valence-corrected chi connectivity index (χ2v) is 4.82. The first-order chi connectivity index (χ1) is 7.16. The summed E-state index contributed by atoms with van der Waals surface area (Å²) in [7, 11) is 0. The predicted octanol–water partition coefficient (Wildman–Crippen LogP) is 3.12. The van der Waals surface area contributed by atoms with Crippen molar-refractivity contribution in [1.82, 2.24) is 0 Å². The van der Waals surface area contributed by atoms with E-state index in [1.165, 1.54) is 5.56 Å². The summed E-state index contributed by atoms with van der Waals surface area (Å²) < 4.78 is 6.37. The minimum absolute atomic E-state index is 0.201. The highest BCUT2D eigenvalue weighted by Gasteiger charge is 2.29. The van der Waals surface area contributed by atoms with Crippen molar-refractivity contribution in [3.05, 3.63) is 28.2 Å². The summed E-state index contributed by atoms with van der Waals surface area (Å²) in [5, 5.41) is 0. The van der Waals surface area contributed by atoms with Crippen LogP contribution in [0.15, 0.2) is 22.7 Å². The van der Waals surface area contributed by atoms with E-state index in [1.54, 1.807) is 0 Å². The van der Waals surface area contributed by atoms with Crippen molar-refractivity contribution in [3.8, 4) is 5.75 Å². The van der Waals surface area contributed by atoms with E-state index in [-0.39, 0.29) is 18.3 Å². The molecule has 0 amide bonds. The highest BCUT2D eigenvalue weighted by Crippen LogP contribution is 2.31. The lowest BCUT2D eigenvalue weighted by molar-refractivity contribution is -0.122. The van der Waals surface area contributed by atoms with Crippen molar-refractivity contribution < 1.29 is 9.53 Å². The van der Waals surface area contributed by atoms with Crippen LogP contribution in [0.4, 0.5) is 0 Å². The van der Waals surface area contributed by atoms with Crippen LogP contribution in [0.1, 0.15) is 18.4 Å². The molecule has 0 atom stereocenters. The number of halogens is 1. The number of ether oxygens (including phenoxy) is 1. The Morgan fingerprint density at radius 1 is 1.53 bits per heavy atom. The predicted molar refractivity (Wildman–Crippen MR) is 62.1 cm³/mol. The molecular formula is C12H13BrO2. The van der Waals surface area contributed by atoms with E-state index in [1.807, 2.05) is 25.1 Å². The zero-order valence-corrected chi connectivity index (χ0v) is 10.2. The standard InChI is InChI=1S/C12H13BrO2/c1-8-2-5-12(10(13)6-8)15-7-11(14)9-3-4-9/h2,5-6,9H,3-4,7H2,1H3. The molecular weight excluding hydrogens is 256 g/mol. The Bertz CT molecular complexity index is 383. The van der Waals surface area contributed by atoms with Crippen LogP contribution in [-0.4, -0.2) is 12.4 Å². The molecule has 0 heterocycles. The van der Waals surface area contributed by atoms with E-state index in [0.717, 1.165) is 23.1 Å². The van der Waals surface area contributed by atoms with Gasteiger partial charge in [-0.15, -0.1) is 0 Å². The largest absolute Gasteiger partial charge is 0.485 e. The minimum Gasteiger partial charge on any atom is -0.485 e. The lowest BCUT2D eigenvalue weighted by Gasteiger charge is -2.07. The van der Waals surface area contributed by atoms with Crippen molar-refractivity contribution in [2.45, 2.75) is 19.8 Å². The number of hydrogen-bond donors (Lipinski definition) is 0. The van der Waals surface area contributed by atoms with E-state index in [9.17, 15) is 4.79 Å². The summed E-state index contributed by atoms with van der Waals surface area (Å²) in [6.07, 6.45) is 2.08. The molecule has 0 saturated heterocycles. The zero-order chi connectivity index (χ0) is 10.8. The Morgan fingerprint density at radius 2 is 2.27 bits per heavy atom. The summed E-state index contributed by atoms with van der Waals surface area (Å²) in [5.74, 6) is 1.24. The van der Waals surface area contributed by atoms with Crippen molar-refractivity contribution in [3.63, 3.8) is 0 Å². The first-order valence-electron chi connectivity index (χ1n) is 5.08. The molecule has 15 heavy (non-hydrogen) atoms. The van der Waals surface area contributed by atoms with Gasteiger partial charge in [-0.2, -0.15) is 0 Å². The van der Waals surface area contributed by atoms with Gasteiger partial charge in [0.1, 0.15) is 12.4 Å². The average molecular weight is 269 g/mol. The van der Waals surface area contributed by atoms with Gasteiger partial charge in [-0.1, -0.05) is 6.07 Å². The zero-order valence-electron chi connectivity index (χ0n) is 8.63. The first-order valence-corrected chi connectivity index (χ1v) is 5.88. The number of carbonyl (C=O) groups is 1. The first kappa shape index (κ1) is 10.7. The molecule has 1 saturated carbocycles. The van der Waals surface area contributed by atoms with Gasteiger partial charge in [0, 0.05) is 5.92 Å². The van der Waals surface area contributed by atoms with Gasteiger partial charge in [-0.05, 0) is 53.4 Å². The molecule has 1 fully saturated rings. The Kier molecular flexibility index (Phi) is 3.10. The third kappa shape index (κ3) is 2.81. The van der Waals surface area contributed by atoms with Gasteiger partial charge in [0.05, 0.1) is 4.47 Å². The normalized spacial score (nSPS) is 15.1. The van der Waals surface area contributed by atoms with E-state index in [4.69, 9.17) is 4.74 Å². The summed E-state index contributed by atoms with van der Waals surface area (Å²) >= 11 is 3.41. The van der Waals surface area contributed by atoms with Gasteiger partial charge in [-0.25, -0.2) is 0 Å². The highest BCUT2D eigenvalue weighted by molar-refractivity contribution is 9.10. The van der Waals surface area contributed by atoms with Gasteiger partial charge < -0.3 is 4.74 Å². The fourth-order valence-electron chi connectivity index (χ4n) is 1.39. The number of aryl methyl sites for hydroxylation is 1. The van der Waals surface area contributed by atoms with Crippen molar-refractivity contribution in [2.75, 3.05) is 6.61 Å². The molecule has 2 rings (SSSR count).